The highest BCUT2D eigenvalue weighted by atomic mass is 16.5. The average Bonchev–Trinajstić information content (AvgIpc) is 2.68. The van der Waals surface area contributed by atoms with Crippen LogP contribution in [0, 0.1) is 0 Å². The Labute approximate surface area is 156 Å². The lowest BCUT2D eigenvalue weighted by molar-refractivity contribution is -0.126. The highest BCUT2D eigenvalue weighted by Gasteiger charge is 2.26. The topological polar surface area (TPSA) is 76.8 Å². The Kier molecular flexibility index (Phi) is 5.35. The molecule has 6 heteroatoms. The van der Waals surface area contributed by atoms with E-state index in [2.05, 4.69) is 0 Å². The number of rotatable bonds is 5. The SMILES string of the molecule is CCN(C(=O)[C@H](C)OC(=O)c1cc2ccccc2oc1=O)c1ccccc1. The molecule has 0 aliphatic heterocycles. The number of benzene rings is 2. The van der Waals surface area contributed by atoms with Crippen LogP contribution in [0.15, 0.2) is 69.9 Å². The van der Waals surface area contributed by atoms with E-state index in [1.165, 1.54) is 17.9 Å². The molecule has 0 unspecified atom stereocenters. The van der Waals surface area contributed by atoms with Gasteiger partial charge in [0.2, 0.25) is 0 Å². The van der Waals surface area contributed by atoms with Crippen molar-refractivity contribution in [3.8, 4) is 0 Å². The van der Waals surface area contributed by atoms with Gasteiger partial charge in [-0.3, -0.25) is 4.79 Å². The van der Waals surface area contributed by atoms with Gasteiger partial charge in [0.05, 0.1) is 0 Å². The van der Waals surface area contributed by atoms with Crippen LogP contribution < -0.4 is 10.5 Å². The van der Waals surface area contributed by atoms with Crippen molar-refractivity contribution in [2.24, 2.45) is 0 Å². The number of nitrogens with zero attached hydrogens (tertiary/aromatic N) is 1. The van der Waals surface area contributed by atoms with Crippen LogP contribution in [0.5, 0.6) is 0 Å². The Morgan fingerprint density at radius 2 is 1.74 bits per heavy atom. The summed E-state index contributed by atoms with van der Waals surface area (Å²) in [6.07, 6.45) is -1.05. The van der Waals surface area contributed by atoms with Crippen molar-refractivity contribution in [2.75, 3.05) is 11.4 Å². The molecule has 6 nitrogen and oxygen atoms in total. The molecule has 2 aromatic carbocycles. The summed E-state index contributed by atoms with van der Waals surface area (Å²) in [7, 11) is 0. The van der Waals surface area contributed by atoms with Gasteiger partial charge in [-0.2, -0.15) is 0 Å². The Hall–Kier alpha value is -3.41. The van der Waals surface area contributed by atoms with E-state index in [0.717, 1.165) is 0 Å². The third kappa shape index (κ3) is 3.89. The first-order valence-electron chi connectivity index (χ1n) is 8.61. The van der Waals surface area contributed by atoms with E-state index in [-0.39, 0.29) is 11.5 Å². The number of amides is 1. The minimum atomic E-state index is -1.05. The summed E-state index contributed by atoms with van der Waals surface area (Å²) in [5.41, 5.74) is 0.0485. The Bertz CT molecular complexity index is 1030. The molecule has 0 spiro atoms. The first-order chi connectivity index (χ1) is 13.0. The van der Waals surface area contributed by atoms with Gasteiger partial charge in [0.1, 0.15) is 11.1 Å². The largest absolute Gasteiger partial charge is 0.449 e. The minimum absolute atomic E-state index is 0.240. The van der Waals surface area contributed by atoms with Crippen LogP contribution in [0.25, 0.3) is 11.0 Å². The van der Waals surface area contributed by atoms with Crippen LogP contribution in [0.4, 0.5) is 5.69 Å². The third-order valence-electron chi connectivity index (χ3n) is 4.14. The maximum absolute atomic E-state index is 12.7. The molecule has 0 saturated heterocycles. The van der Waals surface area contributed by atoms with E-state index < -0.39 is 17.7 Å². The quantitative estimate of drug-likeness (QED) is 0.512. The minimum Gasteiger partial charge on any atom is -0.449 e. The highest BCUT2D eigenvalue weighted by molar-refractivity contribution is 5.99. The zero-order valence-corrected chi connectivity index (χ0v) is 15.0. The molecule has 1 atom stereocenters. The molecular weight excluding hydrogens is 346 g/mol. The molecule has 1 amide bonds. The lowest BCUT2D eigenvalue weighted by Crippen LogP contribution is -2.40. The molecule has 0 fully saturated rings. The summed E-state index contributed by atoms with van der Waals surface area (Å²) < 4.78 is 10.4. The van der Waals surface area contributed by atoms with Crippen LogP contribution in [0.2, 0.25) is 0 Å². The molecule has 1 heterocycles. The van der Waals surface area contributed by atoms with E-state index in [9.17, 15) is 14.4 Å². The van der Waals surface area contributed by atoms with Gasteiger partial charge in [0.15, 0.2) is 6.10 Å². The molecule has 3 rings (SSSR count). The maximum Gasteiger partial charge on any atom is 0.351 e. The molecule has 3 aromatic rings. The van der Waals surface area contributed by atoms with Gasteiger partial charge in [-0.25, -0.2) is 9.59 Å². The first kappa shape index (κ1) is 18.4. The van der Waals surface area contributed by atoms with Gasteiger partial charge in [0, 0.05) is 17.6 Å². The van der Waals surface area contributed by atoms with Crippen molar-refractivity contribution in [3.05, 3.63) is 76.6 Å². The fraction of sp³-hybridized carbons (Fsp3) is 0.190. The van der Waals surface area contributed by atoms with Crippen molar-refractivity contribution < 1.29 is 18.7 Å². The number of carbonyl (C=O) groups excluding carboxylic acids is 2. The summed E-state index contributed by atoms with van der Waals surface area (Å²) in [6, 6.07) is 17.4. The normalized spacial score (nSPS) is 11.8. The standard InChI is InChI=1S/C21H19NO5/c1-3-22(16-10-5-4-6-11-16)19(23)14(2)26-20(24)17-13-15-9-7-8-12-18(15)27-21(17)25/h4-14H,3H2,1-2H3/t14-/m0/s1. The number of hydrogen-bond acceptors (Lipinski definition) is 5. The summed E-state index contributed by atoms with van der Waals surface area (Å²) in [5, 5.41) is 0.600. The maximum atomic E-state index is 12.7. The third-order valence-corrected chi connectivity index (χ3v) is 4.14. The lowest BCUT2D eigenvalue weighted by Gasteiger charge is -2.24. The second-order valence-corrected chi connectivity index (χ2v) is 5.95. The Morgan fingerprint density at radius 3 is 2.44 bits per heavy atom. The van der Waals surface area contributed by atoms with Crippen LogP contribution in [-0.2, 0) is 9.53 Å². The van der Waals surface area contributed by atoms with Gasteiger partial charge in [0.25, 0.3) is 5.91 Å². The molecule has 0 N–H and O–H groups in total. The Balaban J connectivity index is 1.80. The fourth-order valence-electron chi connectivity index (χ4n) is 2.77. The fourth-order valence-corrected chi connectivity index (χ4v) is 2.77. The number of likely N-dealkylation sites (N-methyl/N-ethyl adjacent to an activating group) is 1. The molecule has 138 valence electrons. The van der Waals surface area contributed by atoms with Gasteiger partial charge < -0.3 is 14.1 Å². The number of esters is 1. The van der Waals surface area contributed by atoms with Crippen molar-refractivity contribution >= 4 is 28.5 Å². The average molecular weight is 365 g/mol. The van der Waals surface area contributed by atoms with E-state index in [1.54, 1.807) is 36.4 Å². The number of para-hydroxylation sites is 2. The number of carbonyl (C=O) groups is 2. The van der Waals surface area contributed by atoms with Gasteiger partial charge >= 0.3 is 11.6 Å². The Morgan fingerprint density at radius 1 is 1.07 bits per heavy atom. The van der Waals surface area contributed by atoms with Crippen LogP contribution in [0.1, 0.15) is 24.2 Å². The molecule has 1 aromatic heterocycles. The summed E-state index contributed by atoms with van der Waals surface area (Å²) >= 11 is 0. The first-order valence-corrected chi connectivity index (χ1v) is 8.61. The number of ether oxygens (including phenoxy) is 1. The summed E-state index contributed by atoms with van der Waals surface area (Å²) in [6.45, 7) is 3.73. The van der Waals surface area contributed by atoms with Crippen molar-refractivity contribution in [1.82, 2.24) is 0 Å². The van der Waals surface area contributed by atoms with Gasteiger partial charge in [-0.15, -0.1) is 0 Å². The van der Waals surface area contributed by atoms with Crippen LogP contribution in [0.3, 0.4) is 0 Å². The zero-order valence-electron chi connectivity index (χ0n) is 15.0. The van der Waals surface area contributed by atoms with Crippen LogP contribution in [-0.4, -0.2) is 24.5 Å². The van der Waals surface area contributed by atoms with Crippen LogP contribution >= 0.6 is 0 Å². The predicted octanol–water partition coefficient (Wildman–Crippen LogP) is 3.39. The second-order valence-electron chi connectivity index (χ2n) is 5.95. The van der Waals surface area contributed by atoms with Crippen molar-refractivity contribution in [3.63, 3.8) is 0 Å². The molecule has 0 aliphatic carbocycles. The molecular formula is C21H19NO5. The zero-order chi connectivity index (χ0) is 19.4. The molecule has 0 aliphatic rings. The lowest BCUT2D eigenvalue weighted by atomic mass is 10.2. The molecule has 0 saturated carbocycles. The van der Waals surface area contributed by atoms with E-state index in [0.29, 0.717) is 23.2 Å². The monoisotopic (exact) mass is 365 g/mol. The highest BCUT2D eigenvalue weighted by Crippen LogP contribution is 2.17. The number of fused-ring (bicyclic) bond motifs is 1. The van der Waals surface area contributed by atoms with E-state index in [4.69, 9.17) is 9.15 Å². The second kappa shape index (κ2) is 7.86. The predicted molar refractivity (Wildman–Crippen MR) is 102 cm³/mol. The van der Waals surface area contributed by atoms with Crippen molar-refractivity contribution in [1.29, 1.82) is 0 Å². The van der Waals surface area contributed by atoms with Crippen molar-refractivity contribution in [2.45, 2.75) is 20.0 Å². The molecule has 0 radical (unpaired) electrons. The van der Waals surface area contributed by atoms with Gasteiger partial charge in [-0.05, 0) is 38.1 Å². The van der Waals surface area contributed by atoms with Gasteiger partial charge in [-0.1, -0.05) is 36.4 Å². The molecule has 27 heavy (non-hydrogen) atoms. The number of anilines is 1. The van der Waals surface area contributed by atoms with E-state index >= 15 is 0 Å². The number of hydrogen-bond donors (Lipinski definition) is 0. The smallest absolute Gasteiger partial charge is 0.351 e. The summed E-state index contributed by atoms with van der Waals surface area (Å²) in [5.74, 6) is -1.26. The summed E-state index contributed by atoms with van der Waals surface area (Å²) in [4.78, 5) is 38.7. The molecule has 0 bridgehead atoms. The van der Waals surface area contributed by atoms with E-state index in [1.807, 2.05) is 25.1 Å².